The third-order valence-corrected chi connectivity index (χ3v) is 41.2. The molecule has 0 amide bonds. The van der Waals surface area contributed by atoms with E-state index in [2.05, 4.69) is 129 Å². The van der Waals surface area contributed by atoms with E-state index >= 15 is 0 Å². The minimum absolute atomic E-state index is 0.147. The van der Waals surface area contributed by atoms with Crippen LogP contribution in [0.1, 0.15) is 282 Å². The predicted molar refractivity (Wildman–Crippen MR) is 457 cm³/mol. The standard InChI is InChI=1S/C52H80N2O5S.C45H74N2O5S/c1-9-59-52(46(55)58-36-39-13-11-10-12-14-39)25-17-38(18-26-52)35-40-19-22-48(6)43(47(40,4)5)21-23-50(8)44(48)16-15-42-45-41(37(2)3)20-24-51(45,28-27-49(42,50)7)53-29-30-54-31-33-60(56,57)34-32-54;1-9-52-45(39(48)49)20-12-32(13-21-45)30-33-14-17-41(6)36(40(33,4)5)16-18-43(8)37(41)11-10-35-38-34(31(2)3)15-19-44(38,23-22-42(35,43)7)46-24-25-47-26-28-53(50,51)29-27-47/h10-14,19,38,41-45,53H,2,9,15-18,20-36H2,1,3-8H3;14,32,34-38,46H,2,9-13,15-30H2,1,3-8H3,(H,48,49)/t38?,41-,42+,43-,44+,45+,48-,49+,50+,51-,52?;32?,34-,35+,36-,37+,38+,41-,42+,43+,44-,45?/m00/s1. The Morgan fingerprint density at radius 1 is 0.487 bits per heavy atom. The van der Waals surface area contributed by atoms with Crippen molar-refractivity contribution in [2.75, 3.05) is 88.6 Å². The molecule has 0 radical (unpaired) electrons. The molecule has 12 aliphatic carbocycles. The Morgan fingerprint density at radius 2 is 0.885 bits per heavy atom. The molecule has 18 atom stereocenters. The van der Waals surface area contributed by atoms with Crippen LogP contribution in [0.2, 0.25) is 0 Å². The highest BCUT2D eigenvalue weighted by Crippen LogP contribution is 2.79. The molecule has 14 aliphatic rings. The van der Waals surface area contributed by atoms with Crippen LogP contribution in [0.3, 0.4) is 0 Å². The molecule has 0 spiro atoms. The summed E-state index contributed by atoms with van der Waals surface area (Å²) in [6.07, 6.45) is 37.3. The molecule has 15 rings (SSSR count). The maximum Gasteiger partial charge on any atom is 0.338 e. The minimum Gasteiger partial charge on any atom is -0.479 e. The Bertz CT molecular complexity index is 3920. The van der Waals surface area contributed by atoms with Gasteiger partial charge in [0.1, 0.15) is 6.61 Å². The molecular weight excluding hydrogens is 1450 g/mol. The van der Waals surface area contributed by atoms with E-state index in [4.69, 9.17) is 14.2 Å². The number of carbonyl (C=O) groups is 2. The van der Waals surface area contributed by atoms with Gasteiger partial charge in [-0.25, -0.2) is 26.4 Å². The van der Waals surface area contributed by atoms with Crippen molar-refractivity contribution < 1.29 is 45.7 Å². The first-order chi connectivity index (χ1) is 53.3. The average molecular weight is 1600 g/mol. The maximum atomic E-state index is 13.6. The molecular formula is C97H154N4O10S2. The van der Waals surface area contributed by atoms with Crippen molar-refractivity contribution in [3.63, 3.8) is 0 Å². The van der Waals surface area contributed by atoms with Gasteiger partial charge in [-0.3, -0.25) is 0 Å². The Morgan fingerprint density at radius 3 is 1.27 bits per heavy atom. The van der Waals surface area contributed by atoms with E-state index in [0.29, 0.717) is 175 Å². The SMILES string of the molecule is C=C(C)[C@@H]1CC[C@]2(NCCN3CCS(=O)(=O)CC3)CC[C@]3(C)[C@H](CC[C@@H]4[C@@]5(C)CC=C(CC6CCC(OCC)(C(=O)O)CC6)C(C)(C)[C@@H]5CC[C@]43C)[C@@H]12.C=C(C)[C@@H]1CC[C@]2(NCCN3CCS(=O)(=O)CC3)CC[C@]3(C)[C@H](CC[C@@H]4[C@@]5(C)CC=C(CC6CCC(OCC)(C(=O)OCc7ccccc7)CC6)C(C)(C)[C@@H]5CC[C@]43C)[C@@H]12. The normalized spacial score (nSPS) is 44.1. The fourth-order valence-electron chi connectivity index (χ4n) is 31.4. The number of carbonyl (C=O) groups excluding carboxylic acids is 1. The van der Waals surface area contributed by atoms with Crippen LogP contribution in [0.25, 0.3) is 0 Å². The molecule has 113 heavy (non-hydrogen) atoms. The molecule has 2 heterocycles. The molecule has 3 N–H and O–H groups in total. The van der Waals surface area contributed by atoms with Crippen molar-refractivity contribution in [1.29, 1.82) is 0 Å². The van der Waals surface area contributed by atoms with E-state index in [1.807, 2.05) is 44.2 Å². The molecule has 16 heteroatoms. The van der Waals surface area contributed by atoms with Crippen LogP contribution in [-0.2, 0) is 50.1 Å². The number of allylic oxidation sites excluding steroid dienone is 6. The quantitative estimate of drug-likeness (QED) is 0.0737. The van der Waals surface area contributed by atoms with Crippen LogP contribution in [0.5, 0.6) is 0 Å². The Hall–Kier alpha value is -3.22. The zero-order valence-corrected chi connectivity index (χ0v) is 74.8. The summed E-state index contributed by atoms with van der Waals surface area (Å²) in [6, 6.07) is 9.97. The lowest BCUT2D eigenvalue weighted by Gasteiger charge is -2.72. The Kier molecular flexibility index (Phi) is 24.4. The summed E-state index contributed by atoms with van der Waals surface area (Å²) in [5.74, 6) is 7.90. The number of carboxylic acids is 1. The lowest BCUT2D eigenvalue weighted by Crippen LogP contribution is -2.68. The van der Waals surface area contributed by atoms with Gasteiger partial charge in [0.05, 0.1) is 23.0 Å². The van der Waals surface area contributed by atoms with Crippen molar-refractivity contribution in [3.8, 4) is 0 Å². The van der Waals surface area contributed by atoms with E-state index in [9.17, 15) is 31.5 Å². The number of ether oxygens (including phenoxy) is 3. The van der Waals surface area contributed by atoms with Gasteiger partial charge in [-0.05, 0) is 327 Å². The summed E-state index contributed by atoms with van der Waals surface area (Å²) in [5, 5.41) is 18.5. The van der Waals surface area contributed by atoms with Gasteiger partial charge < -0.3 is 39.8 Å². The molecule has 2 aliphatic heterocycles. The lowest BCUT2D eigenvalue weighted by molar-refractivity contribution is -0.221. The van der Waals surface area contributed by atoms with E-state index < -0.39 is 36.8 Å². The average Bonchev–Trinajstić information content (AvgIpc) is 1.64. The highest BCUT2D eigenvalue weighted by Gasteiger charge is 2.73. The van der Waals surface area contributed by atoms with Gasteiger partial charge in [0, 0.05) is 76.6 Å². The van der Waals surface area contributed by atoms with E-state index in [1.165, 1.54) is 127 Å². The molecule has 0 aromatic heterocycles. The number of nitrogens with one attached hydrogen (secondary N) is 2. The minimum atomic E-state index is -2.86. The van der Waals surface area contributed by atoms with Gasteiger partial charge in [-0.2, -0.15) is 0 Å². The smallest absolute Gasteiger partial charge is 0.338 e. The largest absolute Gasteiger partial charge is 0.479 e. The zero-order chi connectivity index (χ0) is 81.0. The van der Waals surface area contributed by atoms with Crippen LogP contribution < -0.4 is 10.6 Å². The summed E-state index contributed by atoms with van der Waals surface area (Å²) in [6.45, 7) is 52.1. The number of benzene rings is 1. The highest BCUT2D eigenvalue weighted by atomic mass is 32.2. The van der Waals surface area contributed by atoms with Gasteiger partial charge in [0.15, 0.2) is 30.9 Å². The predicted octanol–water partition coefficient (Wildman–Crippen LogP) is 19.0. The number of nitrogens with zero attached hydrogens (tertiary/aromatic N) is 2. The maximum absolute atomic E-state index is 13.6. The van der Waals surface area contributed by atoms with E-state index in [1.54, 1.807) is 11.1 Å². The van der Waals surface area contributed by atoms with Crippen molar-refractivity contribution in [2.24, 2.45) is 114 Å². The first-order valence-electron chi connectivity index (χ1n) is 46.1. The van der Waals surface area contributed by atoms with Crippen molar-refractivity contribution in [2.45, 2.75) is 306 Å². The number of rotatable bonds is 22. The van der Waals surface area contributed by atoms with Gasteiger partial charge in [0.25, 0.3) is 0 Å². The van der Waals surface area contributed by atoms with Crippen LogP contribution >= 0.6 is 0 Å². The molecule has 12 fully saturated rings. The number of hydrogen-bond donors (Lipinski definition) is 3. The number of carboxylic acid groups (broad SMARTS) is 1. The second kappa shape index (κ2) is 32.0. The second-order valence-corrected chi connectivity index (χ2v) is 48.0. The lowest BCUT2D eigenvalue weighted by atomic mass is 9.33. The number of esters is 1. The van der Waals surface area contributed by atoms with Crippen LogP contribution in [-0.4, -0.2) is 155 Å². The van der Waals surface area contributed by atoms with E-state index in [-0.39, 0.29) is 38.7 Å². The molecule has 0 unspecified atom stereocenters. The molecule has 10 saturated carbocycles. The van der Waals surface area contributed by atoms with E-state index in [0.717, 1.165) is 83.1 Å². The molecule has 634 valence electrons. The van der Waals surface area contributed by atoms with Gasteiger partial charge in [-0.15, -0.1) is 0 Å². The van der Waals surface area contributed by atoms with Crippen LogP contribution in [0, 0.1) is 114 Å². The summed E-state index contributed by atoms with van der Waals surface area (Å²) < 4.78 is 66.3. The molecule has 1 aromatic rings. The number of aliphatic carboxylic acids is 1. The van der Waals surface area contributed by atoms with Crippen LogP contribution in [0.15, 0.2) is 77.9 Å². The summed E-state index contributed by atoms with van der Waals surface area (Å²) in [4.78, 5) is 30.5. The first kappa shape index (κ1) is 86.2. The van der Waals surface area contributed by atoms with Gasteiger partial charge >= 0.3 is 11.9 Å². The molecule has 14 nitrogen and oxygen atoms in total. The Balaban J connectivity index is 0.000000189. The number of hydrogen-bond acceptors (Lipinski definition) is 13. The van der Waals surface area contributed by atoms with Gasteiger partial charge in [-0.1, -0.05) is 147 Å². The molecule has 2 saturated heterocycles. The second-order valence-electron chi connectivity index (χ2n) is 43.4. The van der Waals surface area contributed by atoms with Crippen molar-refractivity contribution in [1.82, 2.24) is 20.4 Å². The third-order valence-electron chi connectivity index (χ3n) is 38.0. The van der Waals surface area contributed by atoms with Crippen molar-refractivity contribution in [3.05, 3.63) is 83.5 Å². The molecule has 1 aromatic carbocycles. The first-order valence-corrected chi connectivity index (χ1v) is 49.7. The highest BCUT2D eigenvalue weighted by molar-refractivity contribution is 7.91. The molecule has 0 bridgehead atoms. The van der Waals surface area contributed by atoms with Crippen molar-refractivity contribution >= 4 is 31.6 Å². The monoisotopic (exact) mass is 1600 g/mol. The summed E-state index contributed by atoms with van der Waals surface area (Å²) >= 11 is 0. The van der Waals surface area contributed by atoms with Gasteiger partial charge in [0.2, 0.25) is 0 Å². The Labute approximate surface area is 685 Å². The summed E-state index contributed by atoms with van der Waals surface area (Å²) in [7, 11) is -5.72. The van der Waals surface area contributed by atoms with Crippen LogP contribution in [0.4, 0.5) is 0 Å². The fraction of sp³-hybridized carbons (Fsp3) is 0.835. The third kappa shape index (κ3) is 15.2. The number of sulfone groups is 2. The zero-order valence-electron chi connectivity index (χ0n) is 73.1. The summed E-state index contributed by atoms with van der Waals surface area (Å²) in [5.41, 5.74) is 7.66. The fourth-order valence-corrected chi connectivity index (χ4v) is 33.9. The topological polar surface area (TPSA) is 181 Å². The number of fused-ring (bicyclic) bond motifs is 14.